The molecule has 1 N–H and O–H groups in total. The van der Waals surface area contributed by atoms with Crippen LogP contribution in [0, 0.1) is 0 Å². The van der Waals surface area contributed by atoms with Crippen LogP contribution in [0.15, 0.2) is 78.9 Å². The fraction of sp³-hybridized carbons (Fsp3) is 0.0909. The van der Waals surface area contributed by atoms with Gasteiger partial charge in [-0.3, -0.25) is 4.79 Å². The molecule has 27 heavy (non-hydrogen) atoms. The quantitative estimate of drug-likeness (QED) is 0.670. The smallest absolute Gasteiger partial charge is 0.343 e. The first-order chi connectivity index (χ1) is 13.2. The lowest BCUT2D eigenvalue weighted by Gasteiger charge is -2.09. The number of hydrogen-bond acceptors (Lipinski definition) is 4. The Kier molecular flexibility index (Phi) is 5.84. The van der Waals surface area contributed by atoms with Crippen molar-refractivity contribution in [1.29, 1.82) is 0 Å². The standard InChI is InChI=1S/C22H19NO4/c1-26-21(24)15-27-20-9-5-8-19(14-20)23-22(25)18-12-10-17(11-13-18)16-6-3-2-4-7-16/h2-14H,15H2,1H3,(H,23,25). The Morgan fingerprint density at radius 1 is 0.852 bits per heavy atom. The van der Waals surface area contributed by atoms with Crippen LogP contribution in [-0.4, -0.2) is 25.6 Å². The van der Waals surface area contributed by atoms with Crippen molar-refractivity contribution in [2.75, 3.05) is 19.0 Å². The third kappa shape index (κ3) is 4.95. The highest BCUT2D eigenvalue weighted by Gasteiger charge is 2.08. The monoisotopic (exact) mass is 361 g/mol. The second-order valence-corrected chi connectivity index (χ2v) is 5.79. The van der Waals surface area contributed by atoms with Crippen LogP contribution in [0.3, 0.4) is 0 Å². The second-order valence-electron chi connectivity index (χ2n) is 5.79. The molecule has 0 radical (unpaired) electrons. The number of esters is 1. The van der Waals surface area contributed by atoms with Crippen molar-refractivity contribution in [2.45, 2.75) is 0 Å². The van der Waals surface area contributed by atoms with E-state index in [1.54, 1.807) is 36.4 Å². The van der Waals surface area contributed by atoms with Crippen molar-refractivity contribution in [1.82, 2.24) is 0 Å². The van der Waals surface area contributed by atoms with E-state index in [2.05, 4.69) is 10.1 Å². The van der Waals surface area contributed by atoms with Gasteiger partial charge in [-0.15, -0.1) is 0 Å². The number of anilines is 1. The summed E-state index contributed by atoms with van der Waals surface area (Å²) in [6.07, 6.45) is 0. The van der Waals surface area contributed by atoms with Crippen LogP contribution >= 0.6 is 0 Å². The summed E-state index contributed by atoms with van der Waals surface area (Å²) < 4.78 is 9.86. The van der Waals surface area contributed by atoms with Crippen molar-refractivity contribution in [3.63, 3.8) is 0 Å². The molecule has 0 aromatic heterocycles. The molecule has 0 bridgehead atoms. The van der Waals surface area contributed by atoms with E-state index in [4.69, 9.17) is 4.74 Å². The number of amides is 1. The Bertz CT molecular complexity index is 921. The Morgan fingerprint density at radius 2 is 1.56 bits per heavy atom. The van der Waals surface area contributed by atoms with Gasteiger partial charge in [0.2, 0.25) is 0 Å². The van der Waals surface area contributed by atoms with Gasteiger partial charge in [0.05, 0.1) is 7.11 Å². The lowest BCUT2D eigenvalue weighted by atomic mass is 10.0. The minimum Gasteiger partial charge on any atom is -0.482 e. The van der Waals surface area contributed by atoms with Gasteiger partial charge < -0.3 is 14.8 Å². The van der Waals surface area contributed by atoms with Gasteiger partial charge in [0, 0.05) is 17.3 Å². The first-order valence-electron chi connectivity index (χ1n) is 8.42. The van der Waals surface area contributed by atoms with E-state index in [1.165, 1.54) is 7.11 Å². The zero-order valence-corrected chi connectivity index (χ0v) is 14.8. The molecule has 0 spiro atoms. The van der Waals surface area contributed by atoms with Crippen LogP contribution < -0.4 is 10.1 Å². The molecule has 0 heterocycles. The Hall–Kier alpha value is -3.60. The average molecular weight is 361 g/mol. The van der Waals surface area contributed by atoms with E-state index in [-0.39, 0.29) is 12.5 Å². The zero-order valence-electron chi connectivity index (χ0n) is 14.8. The molecule has 0 saturated carbocycles. The molecular formula is C22H19NO4. The van der Waals surface area contributed by atoms with Gasteiger partial charge in [0.1, 0.15) is 5.75 Å². The van der Waals surface area contributed by atoms with Crippen molar-refractivity contribution >= 4 is 17.6 Å². The van der Waals surface area contributed by atoms with Crippen LogP contribution in [0.25, 0.3) is 11.1 Å². The maximum Gasteiger partial charge on any atom is 0.343 e. The lowest BCUT2D eigenvalue weighted by Crippen LogP contribution is -2.13. The number of carbonyl (C=O) groups excluding carboxylic acids is 2. The average Bonchev–Trinajstić information content (AvgIpc) is 2.73. The molecule has 3 aromatic rings. The molecule has 3 rings (SSSR count). The summed E-state index contributed by atoms with van der Waals surface area (Å²) in [6, 6.07) is 24.2. The number of carbonyl (C=O) groups is 2. The number of hydrogen-bond donors (Lipinski definition) is 1. The van der Waals surface area contributed by atoms with E-state index < -0.39 is 5.97 Å². The maximum atomic E-state index is 12.5. The first-order valence-corrected chi connectivity index (χ1v) is 8.42. The Labute approximate surface area is 157 Å². The molecule has 5 heteroatoms. The van der Waals surface area contributed by atoms with Crippen LogP contribution in [0.1, 0.15) is 10.4 Å². The summed E-state index contributed by atoms with van der Waals surface area (Å²) in [5, 5.41) is 2.82. The molecule has 0 aliphatic heterocycles. The van der Waals surface area contributed by atoms with Gasteiger partial charge in [-0.25, -0.2) is 4.79 Å². The SMILES string of the molecule is COC(=O)COc1cccc(NC(=O)c2ccc(-c3ccccc3)cc2)c1. The molecule has 1 amide bonds. The highest BCUT2D eigenvalue weighted by molar-refractivity contribution is 6.04. The van der Waals surface area contributed by atoms with E-state index in [1.807, 2.05) is 42.5 Å². The van der Waals surface area contributed by atoms with Crippen LogP contribution in [0.4, 0.5) is 5.69 Å². The minimum absolute atomic E-state index is 0.186. The third-order valence-electron chi connectivity index (χ3n) is 3.93. The van der Waals surface area contributed by atoms with Gasteiger partial charge >= 0.3 is 5.97 Å². The highest BCUT2D eigenvalue weighted by atomic mass is 16.6. The third-order valence-corrected chi connectivity index (χ3v) is 3.93. The number of nitrogens with one attached hydrogen (secondary N) is 1. The second kappa shape index (κ2) is 8.67. The fourth-order valence-corrected chi connectivity index (χ4v) is 2.51. The fourth-order valence-electron chi connectivity index (χ4n) is 2.51. The first kappa shape index (κ1) is 18.2. The molecule has 3 aromatic carbocycles. The summed E-state index contributed by atoms with van der Waals surface area (Å²) in [5.41, 5.74) is 3.27. The van der Waals surface area contributed by atoms with E-state index in [0.717, 1.165) is 11.1 Å². The van der Waals surface area contributed by atoms with Crippen molar-refractivity contribution in [3.05, 3.63) is 84.4 Å². The molecule has 0 unspecified atom stereocenters. The van der Waals surface area contributed by atoms with Crippen LogP contribution in [0.5, 0.6) is 5.75 Å². The summed E-state index contributed by atoms with van der Waals surface area (Å²) >= 11 is 0. The number of rotatable bonds is 6. The molecule has 0 fully saturated rings. The Morgan fingerprint density at radius 3 is 2.26 bits per heavy atom. The number of methoxy groups -OCH3 is 1. The predicted molar refractivity (Wildman–Crippen MR) is 104 cm³/mol. The largest absolute Gasteiger partial charge is 0.482 e. The van der Waals surface area contributed by atoms with Crippen LogP contribution in [0.2, 0.25) is 0 Å². The van der Waals surface area contributed by atoms with Crippen molar-refractivity contribution in [2.24, 2.45) is 0 Å². The predicted octanol–water partition coefficient (Wildman–Crippen LogP) is 4.16. The topological polar surface area (TPSA) is 64.6 Å². The summed E-state index contributed by atoms with van der Waals surface area (Å²) in [6.45, 7) is -0.186. The maximum absolute atomic E-state index is 12.5. The normalized spacial score (nSPS) is 10.1. The van der Waals surface area contributed by atoms with Crippen molar-refractivity contribution < 1.29 is 19.1 Å². The van der Waals surface area contributed by atoms with Gasteiger partial charge in [-0.05, 0) is 35.4 Å². The van der Waals surface area contributed by atoms with Gasteiger partial charge in [0.25, 0.3) is 5.91 Å². The Balaban J connectivity index is 1.66. The summed E-state index contributed by atoms with van der Waals surface area (Å²) in [7, 11) is 1.30. The van der Waals surface area contributed by atoms with E-state index in [0.29, 0.717) is 17.0 Å². The number of benzene rings is 3. The highest BCUT2D eigenvalue weighted by Crippen LogP contribution is 2.21. The zero-order chi connectivity index (χ0) is 19.1. The van der Waals surface area contributed by atoms with Crippen LogP contribution in [-0.2, 0) is 9.53 Å². The van der Waals surface area contributed by atoms with Gasteiger partial charge in [-0.2, -0.15) is 0 Å². The van der Waals surface area contributed by atoms with E-state index in [9.17, 15) is 9.59 Å². The lowest BCUT2D eigenvalue weighted by molar-refractivity contribution is -0.142. The number of ether oxygens (including phenoxy) is 2. The molecule has 0 aliphatic rings. The summed E-state index contributed by atoms with van der Waals surface area (Å²) in [4.78, 5) is 23.6. The molecule has 0 aliphatic carbocycles. The van der Waals surface area contributed by atoms with Gasteiger partial charge in [0.15, 0.2) is 6.61 Å². The van der Waals surface area contributed by atoms with Gasteiger partial charge in [-0.1, -0.05) is 48.5 Å². The summed E-state index contributed by atoms with van der Waals surface area (Å²) in [5.74, 6) is -0.222. The molecule has 136 valence electrons. The minimum atomic E-state index is -0.469. The molecule has 0 saturated heterocycles. The van der Waals surface area contributed by atoms with E-state index >= 15 is 0 Å². The van der Waals surface area contributed by atoms with Crippen molar-refractivity contribution in [3.8, 4) is 16.9 Å². The molecule has 0 atom stereocenters. The molecule has 5 nitrogen and oxygen atoms in total. The molecular weight excluding hydrogens is 342 g/mol.